The standard InChI is InChI=1S/C13H15N3O2/c1-10-3-2-4-11(7-10)8-16-9-12(14-15-16)13-17-5-6-18-13/h2-4,7,9,13H,5-6,8H2,1H3. The Morgan fingerprint density at radius 3 is 2.94 bits per heavy atom. The molecule has 2 heterocycles. The molecular weight excluding hydrogens is 230 g/mol. The van der Waals surface area contributed by atoms with Crippen LogP contribution in [0.4, 0.5) is 0 Å². The minimum absolute atomic E-state index is 0.351. The van der Waals surface area contributed by atoms with Gasteiger partial charge in [0.25, 0.3) is 0 Å². The Morgan fingerprint density at radius 2 is 2.17 bits per heavy atom. The van der Waals surface area contributed by atoms with Crippen molar-refractivity contribution in [1.82, 2.24) is 15.0 Å². The molecule has 5 heteroatoms. The van der Waals surface area contributed by atoms with Gasteiger partial charge in [-0.1, -0.05) is 35.0 Å². The highest BCUT2D eigenvalue weighted by molar-refractivity contribution is 5.22. The average Bonchev–Trinajstić information content (AvgIpc) is 2.98. The van der Waals surface area contributed by atoms with Crippen LogP contribution < -0.4 is 0 Å². The maximum absolute atomic E-state index is 5.38. The summed E-state index contributed by atoms with van der Waals surface area (Å²) in [7, 11) is 0. The van der Waals surface area contributed by atoms with Crippen molar-refractivity contribution >= 4 is 0 Å². The maximum atomic E-state index is 5.38. The lowest BCUT2D eigenvalue weighted by Gasteiger charge is -2.03. The molecule has 0 N–H and O–H groups in total. The summed E-state index contributed by atoms with van der Waals surface area (Å²) in [6.45, 7) is 4.03. The van der Waals surface area contributed by atoms with Gasteiger partial charge < -0.3 is 9.47 Å². The first-order valence-electron chi connectivity index (χ1n) is 6.00. The molecule has 1 fully saturated rings. The van der Waals surface area contributed by atoms with Gasteiger partial charge in [-0.25, -0.2) is 4.68 Å². The van der Waals surface area contributed by atoms with E-state index < -0.39 is 0 Å². The van der Waals surface area contributed by atoms with E-state index in [1.807, 2.05) is 12.3 Å². The Balaban J connectivity index is 1.73. The summed E-state index contributed by atoms with van der Waals surface area (Å²) in [6.07, 6.45) is 1.52. The number of rotatable bonds is 3. The zero-order valence-electron chi connectivity index (χ0n) is 10.2. The van der Waals surface area contributed by atoms with Crippen LogP contribution in [0.15, 0.2) is 30.5 Å². The highest BCUT2D eigenvalue weighted by Gasteiger charge is 2.21. The van der Waals surface area contributed by atoms with Crippen LogP contribution in [0, 0.1) is 6.92 Å². The third-order valence-corrected chi connectivity index (χ3v) is 2.85. The molecule has 0 bridgehead atoms. The average molecular weight is 245 g/mol. The largest absolute Gasteiger partial charge is 0.345 e. The quantitative estimate of drug-likeness (QED) is 0.825. The molecule has 0 unspecified atom stereocenters. The molecule has 1 aliphatic heterocycles. The van der Waals surface area contributed by atoms with E-state index >= 15 is 0 Å². The summed E-state index contributed by atoms with van der Waals surface area (Å²) in [5.41, 5.74) is 3.19. The third-order valence-electron chi connectivity index (χ3n) is 2.85. The minimum Gasteiger partial charge on any atom is -0.345 e. The van der Waals surface area contributed by atoms with Crippen molar-refractivity contribution in [2.75, 3.05) is 13.2 Å². The summed E-state index contributed by atoms with van der Waals surface area (Å²) in [4.78, 5) is 0. The SMILES string of the molecule is Cc1cccc(Cn2cc(C3OCCO3)nn2)c1. The molecule has 0 saturated carbocycles. The zero-order chi connectivity index (χ0) is 12.4. The lowest BCUT2D eigenvalue weighted by atomic mass is 10.1. The van der Waals surface area contributed by atoms with Crippen molar-refractivity contribution in [2.45, 2.75) is 19.8 Å². The van der Waals surface area contributed by atoms with Gasteiger partial charge >= 0.3 is 0 Å². The summed E-state index contributed by atoms with van der Waals surface area (Å²) < 4.78 is 12.6. The monoisotopic (exact) mass is 245 g/mol. The second kappa shape index (κ2) is 4.88. The van der Waals surface area contributed by atoms with Crippen LogP contribution in [0.1, 0.15) is 23.1 Å². The van der Waals surface area contributed by atoms with Crippen molar-refractivity contribution in [3.8, 4) is 0 Å². The van der Waals surface area contributed by atoms with Crippen LogP contribution in [0.5, 0.6) is 0 Å². The molecule has 18 heavy (non-hydrogen) atoms. The normalized spacial score (nSPS) is 16.3. The number of ether oxygens (including phenoxy) is 2. The van der Waals surface area contributed by atoms with E-state index in [1.165, 1.54) is 11.1 Å². The molecule has 1 aromatic carbocycles. The molecule has 3 rings (SSSR count). The number of hydrogen-bond donors (Lipinski definition) is 0. The van der Waals surface area contributed by atoms with Gasteiger partial charge in [-0.05, 0) is 12.5 Å². The van der Waals surface area contributed by atoms with E-state index in [0.717, 1.165) is 5.69 Å². The summed E-state index contributed by atoms with van der Waals surface area (Å²) >= 11 is 0. The number of aryl methyl sites for hydroxylation is 1. The van der Waals surface area contributed by atoms with Gasteiger partial charge in [0.1, 0.15) is 5.69 Å². The molecule has 1 aliphatic rings. The fraction of sp³-hybridized carbons (Fsp3) is 0.385. The van der Waals surface area contributed by atoms with Gasteiger partial charge in [0, 0.05) is 0 Å². The van der Waals surface area contributed by atoms with E-state index in [-0.39, 0.29) is 6.29 Å². The van der Waals surface area contributed by atoms with Gasteiger partial charge in [0.15, 0.2) is 0 Å². The molecule has 1 aromatic heterocycles. The maximum Gasteiger partial charge on any atom is 0.204 e. The van der Waals surface area contributed by atoms with Gasteiger partial charge in [0.05, 0.1) is 26.0 Å². The molecule has 0 spiro atoms. The lowest BCUT2D eigenvalue weighted by Crippen LogP contribution is -2.00. The fourth-order valence-electron chi connectivity index (χ4n) is 2.03. The summed E-state index contributed by atoms with van der Waals surface area (Å²) in [6, 6.07) is 8.35. The summed E-state index contributed by atoms with van der Waals surface area (Å²) in [5, 5.41) is 8.17. The number of benzene rings is 1. The first kappa shape index (κ1) is 11.4. The summed E-state index contributed by atoms with van der Waals surface area (Å²) in [5.74, 6) is 0. The Labute approximate surface area is 105 Å². The Bertz CT molecular complexity index is 533. The van der Waals surface area contributed by atoms with Gasteiger partial charge in [0.2, 0.25) is 6.29 Å². The predicted octanol–water partition coefficient (Wildman–Crippen LogP) is 1.68. The highest BCUT2D eigenvalue weighted by Crippen LogP contribution is 2.20. The second-order valence-electron chi connectivity index (χ2n) is 4.40. The lowest BCUT2D eigenvalue weighted by molar-refractivity contribution is -0.0473. The molecular formula is C13H15N3O2. The van der Waals surface area contributed by atoms with Crippen LogP contribution in [0.3, 0.4) is 0 Å². The van der Waals surface area contributed by atoms with Crippen molar-refractivity contribution in [3.05, 3.63) is 47.3 Å². The second-order valence-corrected chi connectivity index (χ2v) is 4.40. The number of nitrogens with zero attached hydrogens (tertiary/aromatic N) is 3. The molecule has 0 radical (unpaired) electrons. The molecule has 5 nitrogen and oxygen atoms in total. The number of hydrogen-bond acceptors (Lipinski definition) is 4. The zero-order valence-corrected chi connectivity index (χ0v) is 10.2. The minimum atomic E-state index is -0.351. The van der Waals surface area contributed by atoms with Crippen LogP contribution in [-0.2, 0) is 16.0 Å². The van der Waals surface area contributed by atoms with Gasteiger partial charge in [-0.3, -0.25) is 0 Å². The predicted molar refractivity (Wildman–Crippen MR) is 64.9 cm³/mol. The van der Waals surface area contributed by atoms with Crippen LogP contribution in [0.25, 0.3) is 0 Å². The van der Waals surface area contributed by atoms with Crippen molar-refractivity contribution in [2.24, 2.45) is 0 Å². The van der Waals surface area contributed by atoms with Crippen molar-refractivity contribution in [1.29, 1.82) is 0 Å². The van der Waals surface area contributed by atoms with E-state index in [2.05, 4.69) is 35.4 Å². The Kier molecular flexibility index (Phi) is 3.08. The molecule has 0 aliphatic carbocycles. The van der Waals surface area contributed by atoms with Crippen molar-refractivity contribution < 1.29 is 9.47 Å². The van der Waals surface area contributed by atoms with E-state index in [0.29, 0.717) is 19.8 Å². The van der Waals surface area contributed by atoms with Gasteiger partial charge in [-0.15, -0.1) is 5.10 Å². The molecule has 94 valence electrons. The number of aromatic nitrogens is 3. The Hall–Kier alpha value is -1.72. The molecule has 0 atom stereocenters. The third kappa shape index (κ3) is 2.42. The molecule has 2 aromatic rings. The van der Waals surface area contributed by atoms with E-state index in [9.17, 15) is 0 Å². The Morgan fingerprint density at radius 1 is 1.33 bits per heavy atom. The molecule has 1 saturated heterocycles. The van der Waals surface area contributed by atoms with Crippen LogP contribution in [-0.4, -0.2) is 28.2 Å². The highest BCUT2D eigenvalue weighted by atomic mass is 16.7. The van der Waals surface area contributed by atoms with Gasteiger partial charge in [-0.2, -0.15) is 0 Å². The van der Waals surface area contributed by atoms with Crippen LogP contribution in [0.2, 0.25) is 0 Å². The topological polar surface area (TPSA) is 49.2 Å². The first-order valence-corrected chi connectivity index (χ1v) is 6.00. The van der Waals surface area contributed by atoms with Crippen LogP contribution >= 0.6 is 0 Å². The molecule has 0 amide bonds. The fourth-order valence-corrected chi connectivity index (χ4v) is 2.03. The van der Waals surface area contributed by atoms with E-state index in [1.54, 1.807) is 4.68 Å². The smallest absolute Gasteiger partial charge is 0.204 e. The van der Waals surface area contributed by atoms with Crippen molar-refractivity contribution in [3.63, 3.8) is 0 Å². The first-order chi connectivity index (χ1) is 8.81. The van der Waals surface area contributed by atoms with E-state index in [4.69, 9.17) is 9.47 Å².